The fourth-order valence-electron chi connectivity index (χ4n) is 2.70. The number of fused-ring (bicyclic) bond motifs is 1. The Bertz CT molecular complexity index is 1150. The number of halogens is 2. The van der Waals surface area contributed by atoms with E-state index in [9.17, 15) is 14.4 Å². The second-order valence-electron chi connectivity index (χ2n) is 6.30. The molecule has 0 unspecified atom stereocenters. The smallest absolute Gasteiger partial charge is 0.308 e. The van der Waals surface area contributed by atoms with Crippen LogP contribution in [0.5, 0.6) is 0 Å². The SMILES string of the molecule is Cc1cccc2c(=O)n(CCC(=O)OCC(=O)Nc3ccc(Br)cc3Cl)cnc12. The molecule has 1 aromatic heterocycles. The average molecular weight is 479 g/mol. The number of benzene rings is 2. The number of esters is 1. The van der Waals surface area contributed by atoms with Crippen molar-refractivity contribution >= 4 is 56.0 Å². The molecule has 1 heterocycles. The molecule has 2 aromatic carbocycles. The molecule has 29 heavy (non-hydrogen) atoms. The van der Waals surface area contributed by atoms with Gasteiger partial charge in [0.1, 0.15) is 0 Å². The van der Waals surface area contributed by atoms with E-state index in [1.165, 1.54) is 10.9 Å². The number of aromatic nitrogens is 2. The molecule has 9 heteroatoms. The third kappa shape index (κ3) is 5.21. The number of nitrogens with one attached hydrogen (secondary N) is 1. The van der Waals surface area contributed by atoms with E-state index in [0.29, 0.717) is 21.6 Å². The van der Waals surface area contributed by atoms with Gasteiger partial charge in [-0.25, -0.2) is 4.98 Å². The highest BCUT2D eigenvalue weighted by Gasteiger charge is 2.12. The molecule has 150 valence electrons. The van der Waals surface area contributed by atoms with Crippen molar-refractivity contribution in [3.8, 4) is 0 Å². The van der Waals surface area contributed by atoms with E-state index in [1.807, 2.05) is 13.0 Å². The van der Waals surface area contributed by atoms with Gasteiger partial charge >= 0.3 is 5.97 Å². The highest BCUT2D eigenvalue weighted by molar-refractivity contribution is 9.10. The van der Waals surface area contributed by atoms with Crippen molar-refractivity contribution in [3.05, 3.63) is 68.1 Å². The summed E-state index contributed by atoms with van der Waals surface area (Å²) in [5.74, 6) is -1.11. The Balaban J connectivity index is 1.54. The summed E-state index contributed by atoms with van der Waals surface area (Å²) in [5, 5.41) is 3.42. The second-order valence-corrected chi connectivity index (χ2v) is 7.62. The van der Waals surface area contributed by atoms with Crippen LogP contribution in [-0.2, 0) is 20.9 Å². The Labute approximate surface area is 179 Å². The number of anilines is 1. The number of nitrogens with zero attached hydrogens (tertiary/aromatic N) is 2. The predicted octanol–water partition coefficient (Wildman–Crippen LogP) is 3.69. The summed E-state index contributed by atoms with van der Waals surface area (Å²) in [4.78, 5) is 40.7. The lowest BCUT2D eigenvalue weighted by Gasteiger charge is -2.09. The fourth-order valence-corrected chi connectivity index (χ4v) is 3.42. The van der Waals surface area contributed by atoms with Gasteiger partial charge in [-0.15, -0.1) is 0 Å². The maximum Gasteiger partial charge on any atom is 0.308 e. The minimum absolute atomic E-state index is 0.0643. The third-order valence-corrected chi connectivity index (χ3v) is 4.99. The van der Waals surface area contributed by atoms with Crippen LogP contribution in [0.1, 0.15) is 12.0 Å². The average Bonchev–Trinajstić information content (AvgIpc) is 2.68. The van der Waals surface area contributed by atoms with E-state index in [-0.39, 0.29) is 18.5 Å². The van der Waals surface area contributed by atoms with Crippen LogP contribution in [0.3, 0.4) is 0 Å². The van der Waals surface area contributed by atoms with Crippen LogP contribution in [-0.4, -0.2) is 28.0 Å². The second kappa shape index (κ2) is 9.19. The molecule has 0 fully saturated rings. The highest BCUT2D eigenvalue weighted by Crippen LogP contribution is 2.25. The summed E-state index contributed by atoms with van der Waals surface area (Å²) in [6.07, 6.45) is 1.35. The van der Waals surface area contributed by atoms with Gasteiger partial charge in [0.15, 0.2) is 6.61 Å². The maximum absolute atomic E-state index is 12.5. The van der Waals surface area contributed by atoms with E-state index in [2.05, 4.69) is 26.2 Å². The molecule has 7 nitrogen and oxygen atoms in total. The van der Waals surface area contributed by atoms with E-state index < -0.39 is 18.5 Å². The molecule has 0 aliphatic carbocycles. The summed E-state index contributed by atoms with van der Waals surface area (Å²) >= 11 is 9.30. The van der Waals surface area contributed by atoms with Crippen molar-refractivity contribution in [3.63, 3.8) is 0 Å². The van der Waals surface area contributed by atoms with Gasteiger partial charge in [0, 0.05) is 11.0 Å². The number of amides is 1. The number of hydrogen-bond donors (Lipinski definition) is 1. The topological polar surface area (TPSA) is 90.3 Å². The molecular formula is C20H17BrClN3O4. The van der Waals surface area contributed by atoms with Gasteiger partial charge < -0.3 is 10.1 Å². The van der Waals surface area contributed by atoms with Gasteiger partial charge in [-0.3, -0.25) is 19.0 Å². The lowest BCUT2D eigenvalue weighted by molar-refractivity contribution is -0.147. The molecule has 1 N–H and O–H groups in total. The monoisotopic (exact) mass is 477 g/mol. The number of ether oxygens (including phenoxy) is 1. The molecule has 0 spiro atoms. The van der Waals surface area contributed by atoms with Gasteiger partial charge in [-0.05, 0) is 36.8 Å². The summed E-state index contributed by atoms with van der Waals surface area (Å²) in [6.45, 7) is 1.53. The molecular weight excluding hydrogens is 462 g/mol. The van der Waals surface area contributed by atoms with Crippen LogP contribution in [0.2, 0.25) is 5.02 Å². The van der Waals surface area contributed by atoms with Crippen molar-refractivity contribution in [1.29, 1.82) is 0 Å². The lowest BCUT2D eigenvalue weighted by atomic mass is 10.1. The molecule has 3 rings (SSSR count). The summed E-state index contributed by atoms with van der Waals surface area (Å²) in [6, 6.07) is 10.4. The molecule has 0 aliphatic rings. The quantitative estimate of drug-likeness (QED) is 0.546. The summed E-state index contributed by atoms with van der Waals surface area (Å²) < 4.78 is 7.10. The number of rotatable bonds is 6. The Kier molecular flexibility index (Phi) is 6.66. The Morgan fingerprint density at radius 3 is 2.83 bits per heavy atom. The van der Waals surface area contributed by atoms with Crippen LogP contribution in [0.25, 0.3) is 10.9 Å². The van der Waals surface area contributed by atoms with E-state index in [0.717, 1.165) is 10.0 Å². The van der Waals surface area contributed by atoms with Crippen molar-refractivity contribution in [2.24, 2.45) is 0 Å². The first-order valence-electron chi connectivity index (χ1n) is 8.70. The zero-order valence-corrected chi connectivity index (χ0v) is 17.8. The number of hydrogen-bond acceptors (Lipinski definition) is 5. The van der Waals surface area contributed by atoms with Crippen LogP contribution < -0.4 is 10.9 Å². The molecule has 1 amide bonds. The van der Waals surface area contributed by atoms with Crippen LogP contribution in [0, 0.1) is 6.92 Å². The first kappa shape index (κ1) is 21.0. The maximum atomic E-state index is 12.5. The van der Waals surface area contributed by atoms with Gasteiger partial charge in [-0.2, -0.15) is 0 Å². The standard InChI is InChI=1S/C20H17BrClN3O4/c1-12-3-2-4-14-19(12)23-11-25(20(14)28)8-7-18(27)29-10-17(26)24-16-6-5-13(21)9-15(16)22/h2-6,9,11H,7-8,10H2,1H3,(H,24,26). The van der Waals surface area contributed by atoms with Crippen LogP contribution >= 0.6 is 27.5 Å². The first-order chi connectivity index (χ1) is 13.8. The van der Waals surface area contributed by atoms with Gasteiger partial charge in [0.25, 0.3) is 11.5 Å². The number of aryl methyl sites for hydroxylation is 2. The molecule has 0 radical (unpaired) electrons. The van der Waals surface area contributed by atoms with Crippen molar-refractivity contribution in [2.75, 3.05) is 11.9 Å². The zero-order valence-electron chi connectivity index (χ0n) is 15.4. The minimum Gasteiger partial charge on any atom is -0.456 e. The Morgan fingerprint density at radius 2 is 2.07 bits per heavy atom. The zero-order chi connectivity index (χ0) is 21.0. The first-order valence-corrected chi connectivity index (χ1v) is 9.87. The summed E-state index contributed by atoms with van der Waals surface area (Å²) in [5.41, 5.74) is 1.73. The number of para-hydroxylation sites is 1. The molecule has 0 saturated heterocycles. The Hall–Kier alpha value is -2.71. The Morgan fingerprint density at radius 1 is 1.28 bits per heavy atom. The highest BCUT2D eigenvalue weighted by atomic mass is 79.9. The molecule has 0 aliphatic heterocycles. The largest absolute Gasteiger partial charge is 0.456 e. The van der Waals surface area contributed by atoms with Crippen molar-refractivity contribution in [2.45, 2.75) is 19.9 Å². The fraction of sp³-hybridized carbons (Fsp3) is 0.200. The van der Waals surface area contributed by atoms with E-state index in [4.69, 9.17) is 16.3 Å². The normalized spacial score (nSPS) is 10.7. The summed E-state index contributed by atoms with van der Waals surface area (Å²) in [7, 11) is 0. The van der Waals surface area contributed by atoms with Gasteiger partial charge in [0.05, 0.1) is 34.4 Å². The molecule has 3 aromatic rings. The van der Waals surface area contributed by atoms with Crippen molar-refractivity contribution in [1.82, 2.24) is 9.55 Å². The minimum atomic E-state index is -0.599. The van der Waals surface area contributed by atoms with Crippen LogP contribution in [0.15, 0.2) is 52.0 Å². The van der Waals surface area contributed by atoms with Crippen LogP contribution in [0.4, 0.5) is 5.69 Å². The lowest BCUT2D eigenvalue weighted by Crippen LogP contribution is -2.24. The molecule has 0 bridgehead atoms. The number of carbonyl (C=O) groups is 2. The van der Waals surface area contributed by atoms with Gasteiger partial charge in [0.2, 0.25) is 0 Å². The van der Waals surface area contributed by atoms with Crippen molar-refractivity contribution < 1.29 is 14.3 Å². The van der Waals surface area contributed by atoms with E-state index >= 15 is 0 Å². The molecule has 0 saturated carbocycles. The van der Waals surface area contributed by atoms with E-state index in [1.54, 1.807) is 30.3 Å². The third-order valence-electron chi connectivity index (χ3n) is 4.18. The predicted molar refractivity (Wildman–Crippen MR) is 114 cm³/mol. The molecule has 0 atom stereocenters. The van der Waals surface area contributed by atoms with Gasteiger partial charge in [-0.1, -0.05) is 39.7 Å². The number of carbonyl (C=O) groups excluding carboxylic acids is 2.